The summed E-state index contributed by atoms with van der Waals surface area (Å²) in [4.78, 5) is 19.9. The Morgan fingerprint density at radius 3 is 3.00 bits per heavy atom. The second-order valence-electron chi connectivity index (χ2n) is 6.15. The maximum absolute atomic E-state index is 12.4. The van der Waals surface area contributed by atoms with E-state index in [0.29, 0.717) is 17.4 Å². The normalized spacial score (nSPS) is 17.9. The van der Waals surface area contributed by atoms with Gasteiger partial charge < -0.3 is 9.72 Å². The van der Waals surface area contributed by atoms with Crippen LogP contribution in [0.3, 0.4) is 0 Å². The monoisotopic (exact) mass is 322 g/mol. The molecule has 0 bridgehead atoms. The van der Waals surface area contributed by atoms with Crippen LogP contribution < -0.4 is 5.69 Å². The maximum atomic E-state index is 12.4. The minimum Gasteiger partial charge on any atom is -0.501 e. The number of aryl methyl sites for hydroxylation is 1. The molecule has 1 aromatic carbocycles. The van der Waals surface area contributed by atoms with Crippen LogP contribution in [0.25, 0.3) is 22.1 Å². The van der Waals surface area contributed by atoms with Crippen LogP contribution in [-0.2, 0) is 4.74 Å². The number of allylic oxidation sites excluding steroid dienone is 4. The molecule has 122 valence electrons. The van der Waals surface area contributed by atoms with Gasteiger partial charge in [0.05, 0.1) is 18.4 Å². The van der Waals surface area contributed by atoms with Crippen LogP contribution in [0.15, 0.2) is 40.9 Å². The van der Waals surface area contributed by atoms with Gasteiger partial charge in [0.1, 0.15) is 0 Å². The van der Waals surface area contributed by atoms with Crippen molar-refractivity contribution in [3.8, 4) is 0 Å². The van der Waals surface area contributed by atoms with Gasteiger partial charge in [-0.1, -0.05) is 25.1 Å². The van der Waals surface area contributed by atoms with Crippen LogP contribution in [0.4, 0.5) is 0 Å². The Morgan fingerprint density at radius 1 is 1.38 bits per heavy atom. The summed E-state index contributed by atoms with van der Waals surface area (Å²) >= 11 is 0. The van der Waals surface area contributed by atoms with Crippen molar-refractivity contribution < 1.29 is 4.74 Å². The molecule has 6 heteroatoms. The highest BCUT2D eigenvalue weighted by molar-refractivity contribution is 5.93. The fraction of sp³-hybridized carbons (Fsp3) is 0.278. The molecular formula is C18H18N4O2. The van der Waals surface area contributed by atoms with Gasteiger partial charge in [-0.15, -0.1) is 5.10 Å². The first-order valence-electron chi connectivity index (χ1n) is 7.93. The highest BCUT2D eigenvalue weighted by Crippen LogP contribution is 2.28. The molecule has 3 aromatic rings. The fourth-order valence-electron chi connectivity index (χ4n) is 3.12. The standard InChI is InChI=1S/C18H18N4O2/c1-10-7-8-12(9-14(10)24-3)16-20-17-13-6-4-5-11(2)15(13)19-18(23)22(17)21-16/h4-6,8-10H,7H2,1-3H3,(H,19,23). The Hall–Kier alpha value is -2.89. The molecule has 0 amide bonds. The zero-order valence-electron chi connectivity index (χ0n) is 13.8. The SMILES string of the molecule is COC1=CC(c2nc3c4cccc(C)c4[nH]c(=O)n3n2)=CCC1C. The molecule has 1 N–H and O–H groups in total. The van der Waals surface area contributed by atoms with E-state index in [4.69, 9.17) is 4.74 Å². The third-order valence-corrected chi connectivity index (χ3v) is 4.51. The number of aromatic nitrogens is 4. The van der Waals surface area contributed by atoms with Gasteiger partial charge in [-0.25, -0.2) is 9.78 Å². The molecule has 1 aliphatic rings. The molecular weight excluding hydrogens is 304 g/mol. The molecule has 0 saturated heterocycles. The van der Waals surface area contributed by atoms with Gasteiger partial charge in [0.2, 0.25) is 0 Å². The third-order valence-electron chi connectivity index (χ3n) is 4.51. The van der Waals surface area contributed by atoms with E-state index in [9.17, 15) is 4.79 Å². The Bertz CT molecular complexity index is 1070. The number of H-pyrrole nitrogens is 1. The van der Waals surface area contributed by atoms with Crippen LogP contribution in [0.5, 0.6) is 0 Å². The maximum Gasteiger partial charge on any atom is 0.348 e. The average molecular weight is 322 g/mol. The lowest BCUT2D eigenvalue weighted by molar-refractivity contribution is 0.247. The second-order valence-corrected chi connectivity index (χ2v) is 6.15. The number of fused-ring (bicyclic) bond motifs is 3. The van der Waals surface area contributed by atoms with Gasteiger partial charge in [-0.05, 0) is 31.1 Å². The summed E-state index contributed by atoms with van der Waals surface area (Å²) < 4.78 is 6.76. The average Bonchev–Trinajstić information content (AvgIpc) is 3.03. The molecule has 1 unspecified atom stereocenters. The Kier molecular flexibility index (Phi) is 3.26. The molecule has 2 heterocycles. The molecule has 1 atom stereocenters. The lowest BCUT2D eigenvalue weighted by Crippen LogP contribution is -2.18. The Morgan fingerprint density at radius 2 is 2.21 bits per heavy atom. The molecule has 0 saturated carbocycles. The Balaban J connectivity index is 1.95. The number of para-hydroxylation sites is 1. The number of hydrogen-bond donors (Lipinski definition) is 1. The molecule has 0 fully saturated rings. The molecule has 0 spiro atoms. The first-order valence-corrected chi connectivity index (χ1v) is 7.93. The zero-order valence-corrected chi connectivity index (χ0v) is 13.8. The van der Waals surface area contributed by atoms with E-state index >= 15 is 0 Å². The molecule has 24 heavy (non-hydrogen) atoms. The molecule has 0 radical (unpaired) electrons. The minimum atomic E-state index is -0.286. The quantitative estimate of drug-likeness (QED) is 0.787. The van der Waals surface area contributed by atoms with Crippen LogP contribution in [-0.4, -0.2) is 26.7 Å². The number of benzene rings is 1. The summed E-state index contributed by atoms with van der Waals surface area (Å²) in [6.07, 6.45) is 4.90. The number of methoxy groups -OCH3 is 1. The summed E-state index contributed by atoms with van der Waals surface area (Å²) in [5.74, 6) is 1.78. The number of nitrogens with one attached hydrogen (secondary N) is 1. The third kappa shape index (κ3) is 2.14. The minimum absolute atomic E-state index is 0.286. The fourth-order valence-corrected chi connectivity index (χ4v) is 3.12. The second kappa shape index (κ2) is 5.33. The van der Waals surface area contributed by atoms with Gasteiger partial charge in [-0.2, -0.15) is 4.52 Å². The first-order chi connectivity index (χ1) is 11.6. The van der Waals surface area contributed by atoms with Crippen molar-refractivity contribution in [2.24, 2.45) is 5.92 Å². The van der Waals surface area contributed by atoms with Crippen LogP contribution in [0.2, 0.25) is 0 Å². The van der Waals surface area contributed by atoms with E-state index in [0.717, 1.165) is 34.2 Å². The van der Waals surface area contributed by atoms with Crippen molar-refractivity contribution >= 4 is 22.1 Å². The molecule has 1 aliphatic carbocycles. The molecule has 4 rings (SSSR count). The van der Waals surface area contributed by atoms with Gasteiger partial charge >= 0.3 is 5.69 Å². The topological polar surface area (TPSA) is 72.3 Å². The predicted octanol–water partition coefficient (Wildman–Crippen LogP) is 2.83. The van der Waals surface area contributed by atoms with Crippen LogP contribution in [0.1, 0.15) is 24.7 Å². The van der Waals surface area contributed by atoms with Crippen LogP contribution in [0, 0.1) is 12.8 Å². The van der Waals surface area contributed by atoms with Crippen LogP contribution >= 0.6 is 0 Å². The molecule has 6 nitrogen and oxygen atoms in total. The number of aromatic amines is 1. The van der Waals surface area contributed by atoms with Crippen molar-refractivity contribution in [1.29, 1.82) is 0 Å². The lowest BCUT2D eigenvalue weighted by Gasteiger charge is -2.17. The van der Waals surface area contributed by atoms with Gasteiger partial charge in [0, 0.05) is 16.9 Å². The highest BCUT2D eigenvalue weighted by Gasteiger charge is 2.19. The summed E-state index contributed by atoms with van der Waals surface area (Å²) in [5.41, 5.74) is 2.97. The molecule has 2 aromatic heterocycles. The summed E-state index contributed by atoms with van der Waals surface area (Å²) in [6.45, 7) is 4.07. The van der Waals surface area contributed by atoms with E-state index in [1.165, 1.54) is 4.52 Å². The van der Waals surface area contributed by atoms with Gasteiger partial charge in [0.25, 0.3) is 0 Å². The van der Waals surface area contributed by atoms with Crippen molar-refractivity contribution in [2.75, 3.05) is 7.11 Å². The van der Waals surface area contributed by atoms with Crippen molar-refractivity contribution in [2.45, 2.75) is 20.3 Å². The summed E-state index contributed by atoms with van der Waals surface area (Å²) in [6, 6.07) is 5.86. The smallest absolute Gasteiger partial charge is 0.348 e. The van der Waals surface area contributed by atoms with Crippen molar-refractivity contribution in [1.82, 2.24) is 19.6 Å². The van der Waals surface area contributed by atoms with E-state index < -0.39 is 0 Å². The first kappa shape index (κ1) is 14.7. The largest absolute Gasteiger partial charge is 0.501 e. The zero-order chi connectivity index (χ0) is 16.8. The molecule has 0 aliphatic heterocycles. The summed E-state index contributed by atoms with van der Waals surface area (Å²) in [7, 11) is 1.67. The van der Waals surface area contributed by atoms with E-state index in [1.54, 1.807) is 7.11 Å². The summed E-state index contributed by atoms with van der Waals surface area (Å²) in [5, 5.41) is 5.29. The lowest BCUT2D eigenvalue weighted by atomic mass is 9.96. The van der Waals surface area contributed by atoms with E-state index in [-0.39, 0.29) is 5.69 Å². The van der Waals surface area contributed by atoms with E-state index in [2.05, 4.69) is 28.1 Å². The number of hydrogen-bond acceptors (Lipinski definition) is 4. The van der Waals surface area contributed by atoms with Crippen molar-refractivity contribution in [3.63, 3.8) is 0 Å². The Labute approximate surface area is 138 Å². The van der Waals surface area contributed by atoms with E-state index in [1.807, 2.05) is 31.2 Å². The number of rotatable bonds is 2. The number of nitrogens with zero attached hydrogens (tertiary/aromatic N) is 3. The predicted molar refractivity (Wildman–Crippen MR) is 92.7 cm³/mol. The van der Waals surface area contributed by atoms with Gasteiger partial charge in [-0.3, -0.25) is 0 Å². The number of ether oxygens (including phenoxy) is 1. The highest BCUT2D eigenvalue weighted by atomic mass is 16.5. The van der Waals surface area contributed by atoms with Crippen molar-refractivity contribution in [3.05, 3.63) is 58.0 Å². The van der Waals surface area contributed by atoms with Gasteiger partial charge in [0.15, 0.2) is 11.5 Å².